The Morgan fingerprint density at radius 3 is 2.25 bits per heavy atom. The van der Waals surface area contributed by atoms with E-state index in [2.05, 4.69) is 0 Å². The van der Waals surface area contributed by atoms with Crippen LogP contribution in [0.1, 0.15) is 43.4 Å². The Morgan fingerprint density at radius 1 is 0.969 bits per heavy atom. The zero-order chi connectivity index (χ0) is 23.2. The van der Waals surface area contributed by atoms with Crippen molar-refractivity contribution >= 4 is 0 Å². The zero-order valence-electron chi connectivity index (χ0n) is 18.8. The van der Waals surface area contributed by atoms with Gasteiger partial charge in [0.25, 0.3) is 0 Å². The highest BCUT2D eigenvalue weighted by molar-refractivity contribution is 5.39. The Kier molecular flexibility index (Phi) is 8.06. The lowest BCUT2D eigenvalue weighted by atomic mass is 9.98. The van der Waals surface area contributed by atoms with Crippen molar-refractivity contribution in [2.75, 3.05) is 26.9 Å². The van der Waals surface area contributed by atoms with Crippen molar-refractivity contribution in [2.24, 2.45) is 5.92 Å². The molecule has 0 saturated carbocycles. The number of halogens is 3. The van der Waals surface area contributed by atoms with E-state index in [-0.39, 0.29) is 18.3 Å². The van der Waals surface area contributed by atoms with Crippen molar-refractivity contribution in [3.63, 3.8) is 0 Å². The summed E-state index contributed by atoms with van der Waals surface area (Å²) in [7, 11) is 1.60. The van der Waals surface area contributed by atoms with Crippen LogP contribution < -0.4 is 9.47 Å². The normalized spacial score (nSPS) is 16.7. The summed E-state index contributed by atoms with van der Waals surface area (Å²) in [5.41, 5.74) is 0.990. The van der Waals surface area contributed by atoms with Crippen LogP contribution in [-0.2, 0) is 28.5 Å². The van der Waals surface area contributed by atoms with Gasteiger partial charge in [0.05, 0.1) is 32.5 Å². The lowest BCUT2D eigenvalue weighted by molar-refractivity contribution is -0.262. The molecule has 0 atom stereocenters. The first kappa shape index (κ1) is 24.4. The van der Waals surface area contributed by atoms with Gasteiger partial charge in [-0.15, -0.1) is 0 Å². The number of rotatable bonds is 9. The van der Waals surface area contributed by atoms with E-state index in [1.807, 2.05) is 38.1 Å². The Hall–Kier alpha value is -2.25. The van der Waals surface area contributed by atoms with E-state index in [9.17, 15) is 13.2 Å². The number of hydrogen-bond donors (Lipinski definition) is 0. The van der Waals surface area contributed by atoms with E-state index in [1.165, 1.54) is 12.1 Å². The number of alkyl halides is 3. The van der Waals surface area contributed by atoms with Crippen LogP contribution in [-0.4, -0.2) is 32.7 Å². The van der Waals surface area contributed by atoms with Crippen molar-refractivity contribution in [1.82, 2.24) is 0 Å². The van der Waals surface area contributed by atoms with Crippen LogP contribution in [0, 0.1) is 5.92 Å². The lowest BCUT2D eigenvalue weighted by Gasteiger charge is -2.35. The predicted molar refractivity (Wildman–Crippen MR) is 116 cm³/mol. The van der Waals surface area contributed by atoms with Gasteiger partial charge in [0, 0.05) is 5.92 Å². The lowest BCUT2D eigenvalue weighted by Crippen LogP contribution is -2.39. The average Bonchev–Trinajstić information content (AvgIpc) is 2.76. The Morgan fingerprint density at radius 2 is 1.62 bits per heavy atom. The smallest absolute Gasteiger partial charge is 0.419 e. The number of hydrogen-bond acceptors (Lipinski definition) is 4. The molecule has 176 valence electrons. The highest BCUT2D eigenvalue weighted by atomic mass is 19.4. The fourth-order valence-electron chi connectivity index (χ4n) is 3.59. The number of ether oxygens (including phenoxy) is 4. The van der Waals surface area contributed by atoms with Gasteiger partial charge in [-0.2, -0.15) is 13.2 Å². The van der Waals surface area contributed by atoms with Gasteiger partial charge >= 0.3 is 6.18 Å². The topological polar surface area (TPSA) is 36.9 Å². The van der Waals surface area contributed by atoms with Gasteiger partial charge in [-0.3, -0.25) is 0 Å². The minimum atomic E-state index is -4.47. The highest BCUT2D eigenvalue weighted by Gasteiger charge is 2.35. The maximum Gasteiger partial charge on any atom is 0.419 e. The van der Waals surface area contributed by atoms with Crippen LogP contribution in [0.2, 0.25) is 0 Å². The molecule has 1 heterocycles. The standard InChI is InChI=1S/C25H31F3O4/c1-24(2)31-16-20(17-32-24)7-6-19-10-13-23(22(15-19)25(26,27)28)30-14-4-5-18-8-11-21(29-3)12-9-18/h8-13,15,20H,4-7,14,16-17H2,1-3H3. The summed E-state index contributed by atoms with van der Waals surface area (Å²) in [6.45, 7) is 5.02. The van der Waals surface area contributed by atoms with Crippen molar-refractivity contribution in [3.05, 3.63) is 59.2 Å². The minimum Gasteiger partial charge on any atom is -0.497 e. The first-order valence-electron chi connectivity index (χ1n) is 10.9. The third kappa shape index (κ3) is 7.14. The maximum absolute atomic E-state index is 13.6. The summed E-state index contributed by atoms with van der Waals surface area (Å²) < 4.78 is 62.8. The van der Waals surface area contributed by atoms with Gasteiger partial charge in [0.2, 0.25) is 0 Å². The molecule has 3 rings (SSSR count). The van der Waals surface area contributed by atoms with Crippen LogP contribution in [0.3, 0.4) is 0 Å². The molecule has 7 heteroatoms. The molecule has 2 aromatic rings. The maximum atomic E-state index is 13.6. The summed E-state index contributed by atoms with van der Waals surface area (Å²) in [5.74, 6) is 0.229. The van der Waals surface area contributed by atoms with E-state index < -0.39 is 17.5 Å². The van der Waals surface area contributed by atoms with Gasteiger partial charge in [0.1, 0.15) is 11.5 Å². The molecule has 1 aliphatic heterocycles. The second-order valence-electron chi connectivity index (χ2n) is 8.55. The van der Waals surface area contributed by atoms with Gasteiger partial charge < -0.3 is 18.9 Å². The molecule has 0 radical (unpaired) electrons. The Balaban J connectivity index is 1.53. The molecule has 0 spiro atoms. The SMILES string of the molecule is COc1ccc(CCCOc2ccc(CCC3COC(C)(C)OC3)cc2C(F)(F)F)cc1. The molecular weight excluding hydrogens is 421 g/mol. The highest BCUT2D eigenvalue weighted by Crippen LogP contribution is 2.37. The van der Waals surface area contributed by atoms with Crippen molar-refractivity contribution in [2.45, 2.75) is 51.5 Å². The largest absolute Gasteiger partial charge is 0.497 e. The van der Waals surface area contributed by atoms with Crippen LogP contribution in [0.15, 0.2) is 42.5 Å². The van der Waals surface area contributed by atoms with Gasteiger partial charge in [-0.25, -0.2) is 0 Å². The average molecular weight is 453 g/mol. The number of aryl methyl sites for hydroxylation is 2. The predicted octanol–water partition coefficient (Wildman–Crippen LogP) is 6.06. The molecule has 2 aromatic carbocycles. The van der Waals surface area contributed by atoms with Crippen LogP contribution >= 0.6 is 0 Å². The van der Waals surface area contributed by atoms with Crippen molar-refractivity contribution < 1.29 is 32.1 Å². The minimum absolute atomic E-state index is 0.123. The molecule has 1 fully saturated rings. The fourth-order valence-corrected chi connectivity index (χ4v) is 3.59. The second kappa shape index (κ2) is 10.6. The first-order valence-corrected chi connectivity index (χ1v) is 10.9. The Bertz CT molecular complexity index is 852. The van der Waals surface area contributed by atoms with Crippen LogP contribution in [0.25, 0.3) is 0 Å². The van der Waals surface area contributed by atoms with Gasteiger partial charge in [-0.1, -0.05) is 18.2 Å². The summed E-state index contributed by atoms with van der Waals surface area (Å²) >= 11 is 0. The van der Waals surface area contributed by atoms with Crippen molar-refractivity contribution in [3.8, 4) is 11.5 Å². The third-order valence-electron chi connectivity index (χ3n) is 5.55. The Labute approximate surface area is 187 Å². The molecule has 0 unspecified atom stereocenters. The van der Waals surface area contributed by atoms with E-state index in [4.69, 9.17) is 18.9 Å². The molecule has 0 N–H and O–H groups in total. The molecule has 0 aliphatic carbocycles. The quantitative estimate of drug-likeness (QED) is 0.434. The van der Waals surface area contributed by atoms with E-state index in [1.54, 1.807) is 13.2 Å². The van der Waals surface area contributed by atoms with E-state index in [0.717, 1.165) is 11.3 Å². The molecule has 32 heavy (non-hydrogen) atoms. The molecule has 0 bridgehead atoms. The molecule has 0 aromatic heterocycles. The zero-order valence-corrected chi connectivity index (χ0v) is 18.8. The second-order valence-corrected chi connectivity index (χ2v) is 8.55. The van der Waals surface area contributed by atoms with Crippen LogP contribution in [0.5, 0.6) is 11.5 Å². The molecule has 1 aliphatic rings. The molecule has 4 nitrogen and oxygen atoms in total. The van der Waals surface area contributed by atoms with E-state index >= 15 is 0 Å². The van der Waals surface area contributed by atoms with Crippen molar-refractivity contribution in [1.29, 1.82) is 0 Å². The van der Waals surface area contributed by atoms with Gasteiger partial charge in [-0.05, 0) is 74.9 Å². The molecule has 1 saturated heterocycles. The first-order chi connectivity index (χ1) is 15.2. The number of methoxy groups -OCH3 is 1. The monoisotopic (exact) mass is 452 g/mol. The summed E-state index contributed by atoms with van der Waals surface area (Å²) in [5, 5.41) is 0. The number of benzene rings is 2. The van der Waals surface area contributed by atoms with Gasteiger partial charge in [0.15, 0.2) is 5.79 Å². The van der Waals surface area contributed by atoms with Crippen LogP contribution in [0.4, 0.5) is 13.2 Å². The molecular formula is C25H31F3O4. The fraction of sp³-hybridized carbons (Fsp3) is 0.520. The summed E-state index contributed by atoms with van der Waals surface area (Å²) in [4.78, 5) is 0. The van der Waals surface area contributed by atoms with E-state index in [0.29, 0.717) is 44.5 Å². The summed E-state index contributed by atoms with van der Waals surface area (Å²) in [6.07, 6.45) is -1.91. The molecule has 0 amide bonds. The summed E-state index contributed by atoms with van der Waals surface area (Å²) in [6, 6.07) is 12.0. The third-order valence-corrected chi connectivity index (χ3v) is 5.55.